The molecule has 170 valence electrons. The molecule has 1 aromatic carbocycles. The molecule has 0 aliphatic carbocycles. The number of aromatic nitrogens is 1. The van der Waals surface area contributed by atoms with E-state index >= 15 is 0 Å². The number of alkyl halides is 3. The molecule has 31 heavy (non-hydrogen) atoms. The summed E-state index contributed by atoms with van der Waals surface area (Å²) in [5.74, 6) is -6.83. The van der Waals surface area contributed by atoms with Crippen LogP contribution in [0.1, 0.15) is 6.42 Å². The van der Waals surface area contributed by atoms with Crippen molar-refractivity contribution in [2.24, 2.45) is 0 Å². The van der Waals surface area contributed by atoms with Gasteiger partial charge in [0.05, 0.1) is 5.51 Å². The second kappa shape index (κ2) is 8.55. The number of sulfonamides is 1. The molecule has 1 aliphatic heterocycles. The van der Waals surface area contributed by atoms with Crippen LogP contribution in [0.15, 0.2) is 27.9 Å². The van der Waals surface area contributed by atoms with Gasteiger partial charge in [-0.25, -0.2) is 18.6 Å². The molecule has 0 saturated carbocycles. The standard InChI is InChI=1S/C16H15F5N4O4S2/c1-24(9-2-3-22-6-9)10-4-11(17)14(12(18)5-10)31(27,28)25(13-7-30-8-23-13)29-15(26)16(19,20)21/h4-5,7-9,22H,2-3,6H2,1H3/t9-/m0/s1. The predicted octanol–water partition coefficient (Wildman–Crippen LogP) is 2.44. The number of nitrogens with zero attached hydrogens (tertiary/aromatic N) is 3. The highest BCUT2D eigenvalue weighted by Crippen LogP contribution is 2.32. The molecular formula is C16H15F5N4O4S2. The highest BCUT2D eigenvalue weighted by atomic mass is 32.2. The van der Waals surface area contributed by atoms with E-state index in [2.05, 4.69) is 15.1 Å². The van der Waals surface area contributed by atoms with E-state index in [-0.39, 0.29) is 11.7 Å². The highest BCUT2D eigenvalue weighted by Gasteiger charge is 2.46. The van der Waals surface area contributed by atoms with Crippen LogP contribution in [0.4, 0.5) is 33.5 Å². The summed E-state index contributed by atoms with van der Waals surface area (Å²) in [7, 11) is -3.89. The van der Waals surface area contributed by atoms with Crippen molar-refractivity contribution in [1.29, 1.82) is 0 Å². The summed E-state index contributed by atoms with van der Waals surface area (Å²) in [4.78, 5) is 18.6. The first-order valence-corrected chi connectivity index (χ1v) is 11.0. The Morgan fingerprint density at radius 1 is 1.29 bits per heavy atom. The van der Waals surface area contributed by atoms with Crippen LogP contribution in [-0.2, 0) is 19.7 Å². The number of benzene rings is 1. The third-order valence-corrected chi connectivity index (χ3v) is 6.63. The average Bonchev–Trinajstić information content (AvgIpc) is 3.37. The molecule has 1 N–H and O–H groups in total. The van der Waals surface area contributed by atoms with Gasteiger partial charge in [-0.15, -0.1) is 11.3 Å². The first kappa shape index (κ1) is 23.1. The molecule has 1 aliphatic rings. The maximum atomic E-state index is 14.8. The van der Waals surface area contributed by atoms with Crippen LogP contribution >= 0.6 is 11.3 Å². The highest BCUT2D eigenvalue weighted by molar-refractivity contribution is 7.92. The third-order valence-electron chi connectivity index (χ3n) is 4.45. The number of halogens is 5. The minimum absolute atomic E-state index is 0.0233. The van der Waals surface area contributed by atoms with E-state index in [0.717, 1.165) is 34.4 Å². The summed E-state index contributed by atoms with van der Waals surface area (Å²) < 4.78 is 92.4. The van der Waals surface area contributed by atoms with Crippen molar-refractivity contribution in [3.8, 4) is 0 Å². The molecule has 1 atom stereocenters. The van der Waals surface area contributed by atoms with Gasteiger partial charge in [0, 0.05) is 30.7 Å². The number of anilines is 2. The van der Waals surface area contributed by atoms with Crippen LogP contribution in [0.25, 0.3) is 0 Å². The van der Waals surface area contributed by atoms with Crippen molar-refractivity contribution in [2.75, 3.05) is 29.5 Å². The van der Waals surface area contributed by atoms with Crippen LogP contribution in [-0.4, -0.2) is 51.7 Å². The van der Waals surface area contributed by atoms with Gasteiger partial charge in [-0.2, -0.15) is 21.6 Å². The fourth-order valence-corrected chi connectivity index (χ4v) is 4.77. The van der Waals surface area contributed by atoms with Crippen LogP contribution < -0.4 is 14.7 Å². The Bertz CT molecular complexity index is 1030. The van der Waals surface area contributed by atoms with Gasteiger partial charge in [0.15, 0.2) is 10.7 Å². The molecule has 8 nitrogen and oxygen atoms in total. The number of hydrogen-bond donors (Lipinski definition) is 1. The van der Waals surface area contributed by atoms with Gasteiger partial charge in [-0.05, 0) is 25.1 Å². The minimum Gasteiger partial charge on any atom is -0.370 e. The van der Waals surface area contributed by atoms with Crippen molar-refractivity contribution in [3.05, 3.63) is 34.7 Å². The molecule has 0 amide bonds. The molecule has 0 bridgehead atoms. The Morgan fingerprint density at radius 2 is 1.94 bits per heavy atom. The number of rotatable bonds is 6. The SMILES string of the molecule is CN(c1cc(F)c(S(=O)(=O)N(OC(=O)C(F)(F)F)c2cscn2)c(F)c1)[C@H]1CCNC1. The lowest BCUT2D eigenvalue weighted by atomic mass is 10.2. The fraction of sp³-hybridized carbons (Fsp3) is 0.375. The van der Waals surface area contributed by atoms with E-state index in [4.69, 9.17) is 0 Å². The minimum atomic E-state index is -5.57. The molecular weight excluding hydrogens is 471 g/mol. The predicted molar refractivity (Wildman–Crippen MR) is 100.0 cm³/mol. The van der Waals surface area contributed by atoms with Gasteiger partial charge >= 0.3 is 22.2 Å². The van der Waals surface area contributed by atoms with Crippen LogP contribution in [0.2, 0.25) is 0 Å². The van der Waals surface area contributed by atoms with Gasteiger partial charge < -0.3 is 15.1 Å². The quantitative estimate of drug-likeness (QED) is 0.495. The van der Waals surface area contributed by atoms with Crippen molar-refractivity contribution < 1.29 is 40.0 Å². The summed E-state index contributed by atoms with van der Waals surface area (Å²) in [5.41, 5.74) is 1.05. The molecule has 0 spiro atoms. The average molecular weight is 486 g/mol. The Morgan fingerprint density at radius 3 is 2.42 bits per heavy atom. The monoisotopic (exact) mass is 486 g/mol. The smallest absolute Gasteiger partial charge is 0.370 e. The Hall–Kier alpha value is -2.52. The van der Waals surface area contributed by atoms with Gasteiger partial charge in [0.25, 0.3) is 0 Å². The second-order valence-corrected chi connectivity index (χ2v) is 8.86. The summed E-state index contributed by atoms with van der Waals surface area (Å²) >= 11 is 0.753. The first-order chi connectivity index (χ1) is 14.4. The number of hydrogen-bond acceptors (Lipinski definition) is 8. The van der Waals surface area contributed by atoms with Gasteiger partial charge in [0.2, 0.25) is 0 Å². The van der Waals surface area contributed by atoms with E-state index < -0.39 is 49.0 Å². The molecule has 1 saturated heterocycles. The Kier molecular flexibility index (Phi) is 6.38. The molecule has 1 aromatic heterocycles. The number of carbonyl (C=O) groups is 1. The molecule has 0 unspecified atom stereocenters. The van der Waals surface area contributed by atoms with Gasteiger partial charge in [-0.1, -0.05) is 4.47 Å². The summed E-state index contributed by atoms with van der Waals surface area (Å²) in [6.07, 6.45) is -4.88. The lowest BCUT2D eigenvalue weighted by Crippen LogP contribution is -2.39. The number of nitrogens with one attached hydrogen (secondary N) is 1. The van der Waals surface area contributed by atoms with Crippen molar-refractivity contribution in [1.82, 2.24) is 10.3 Å². The van der Waals surface area contributed by atoms with E-state index in [1.165, 1.54) is 0 Å². The third kappa shape index (κ3) is 4.72. The summed E-state index contributed by atoms with van der Waals surface area (Å²) in [6.45, 7) is 1.24. The maximum Gasteiger partial charge on any atom is 0.493 e. The molecule has 2 aromatic rings. The summed E-state index contributed by atoms with van der Waals surface area (Å²) in [6, 6.07) is 1.37. The molecule has 2 heterocycles. The van der Waals surface area contributed by atoms with Crippen LogP contribution in [0.3, 0.4) is 0 Å². The van der Waals surface area contributed by atoms with Gasteiger partial charge in [-0.3, -0.25) is 0 Å². The normalized spacial score (nSPS) is 16.9. The molecule has 1 fully saturated rings. The molecule has 0 radical (unpaired) electrons. The van der Waals surface area contributed by atoms with Crippen LogP contribution in [0, 0.1) is 11.6 Å². The van der Waals surface area contributed by atoms with Crippen molar-refractivity contribution in [3.63, 3.8) is 0 Å². The van der Waals surface area contributed by atoms with E-state index in [1.54, 1.807) is 11.9 Å². The van der Waals surface area contributed by atoms with E-state index in [9.17, 15) is 35.2 Å². The molecule has 15 heteroatoms. The molecule has 3 rings (SSSR count). The topological polar surface area (TPSA) is 91.8 Å². The zero-order valence-corrected chi connectivity index (χ0v) is 17.3. The number of likely N-dealkylation sites (N-methyl/N-ethyl adjacent to an activating group) is 1. The van der Waals surface area contributed by atoms with Crippen molar-refractivity contribution in [2.45, 2.75) is 23.5 Å². The lowest BCUT2D eigenvalue weighted by molar-refractivity contribution is -0.199. The lowest BCUT2D eigenvalue weighted by Gasteiger charge is -2.27. The second-order valence-electron chi connectivity index (χ2n) is 6.45. The number of thiazole rings is 1. The largest absolute Gasteiger partial charge is 0.493 e. The first-order valence-electron chi connectivity index (χ1n) is 8.58. The van der Waals surface area contributed by atoms with E-state index in [1.807, 2.05) is 0 Å². The zero-order valence-electron chi connectivity index (χ0n) is 15.7. The van der Waals surface area contributed by atoms with Crippen LogP contribution in [0.5, 0.6) is 0 Å². The van der Waals surface area contributed by atoms with Gasteiger partial charge in [0.1, 0.15) is 11.6 Å². The summed E-state index contributed by atoms with van der Waals surface area (Å²) in [5, 5.41) is 3.99. The zero-order chi connectivity index (χ0) is 23.0. The fourth-order valence-electron chi connectivity index (χ4n) is 2.90. The Labute approximate surface area is 177 Å². The maximum absolute atomic E-state index is 14.8. The van der Waals surface area contributed by atoms with Crippen molar-refractivity contribution >= 4 is 38.8 Å². The van der Waals surface area contributed by atoms with E-state index in [0.29, 0.717) is 19.5 Å². The Balaban J connectivity index is 2.02. The number of carbonyl (C=O) groups excluding carboxylic acids is 1.